The summed E-state index contributed by atoms with van der Waals surface area (Å²) in [5.41, 5.74) is 0. The molecule has 0 aromatic rings. The second-order valence-corrected chi connectivity index (χ2v) is 16.6. The van der Waals surface area contributed by atoms with Crippen molar-refractivity contribution in [3.05, 3.63) is 0 Å². The molecule has 0 saturated carbocycles. The minimum atomic E-state index is -7.58. The lowest BCUT2D eigenvalue weighted by Crippen LogP contribution is -2.56. The van der Waals surface area contributed by atoms with Crippen molar-refractivity contribution >= 4 is 30.4 Å². The fraction of sp³-hybridized carbons (Fsp3) is 1.00. The van der Waals surface area contributed by atoms with Crippen molar-refractivity contribution in [2.45, 2.75) is 115 Å². The molecule has 398 valence electrons. The molecule has 0 atom stereocenters. The lowest BCUT2D eigenvalue weighted by atomic mass is 10.1. The first-order valence-electron chi connectivity index (χ1n) is 15.9. The summed E-state index contributed by atoms with van der Waals surface area (Å²) < 4.78 is 437. The standard InChI is InChI=1S/C24H26F24O15S3/c25-13(26,16(31,32)61-19(37,38)22(43,44)64(49,50)51)4-1-7-58-10-12(60-9-3-6-15(29,30)18(35,36)63-21(41,42)24(47,48)66(55,56)57)11-59-8-2-5-14(27,28)17(33,34)62-20(39,40)23(45,46)65(52,53)54/h12H,1-11H2,(H,49,50,51)(H,52,53,54)(H,55,56,57)/p-3. The Balaban J connectivity index is 5.93. The Kier molecular flexibility index (Phi) is 20.0. The molecule has 66 heavy (non-hydrogen) atoms. The van der Waals surface area contributed by atoms with E-state index in [-0.39, 0.29) is 0 Å². The van der Waals surface area contributed by atoms with Crippen molar-refractivity contribution < 1.29 is 173 Å². The van der Waals surface area contributed by atoms with E-state index in [0.29, 0.717) is 0 Å². The largest absolute Gasteiger partial charge is 0.743 e. The van der Waals surface area contributed by atoms with Crippen LogP contribution in [0, 0.1) is 0 Å². The third-order valence-corrected chi connectivity index (χ3v) is 9.76. The Morgan fingerprint density at radius 3 is 0.773 bits per heavy atom. The van der Waals surface area contributed by atoms with E-state index in [1.165, 1.54) is 0 Å². The van der Waals surface area contributed by atoms with Crippen LogP contribution in [0.2, 0.25) is 0 Å². The lowest BCUT2D eigenvalue weighted by Gasteiger charge is -2.33. The quantitative estimate of drug-likeness (QED) is 0.0389. The Hall–Kier alpha value is -2.19. The SMILES string of the molecule is O=S(=O)([O-])C(F)(F)C(F)(F)OC(F)(F)C(F)(F)CCCOCC(COCCCC(F)(F)C(F)(F)OC(F)(F)C(F)(F)S(=O)(=O)[O-])OCCCC(F)(F)C(F)(F)OC(F)(F)C(F)(F)S(=O)(=O)[O-]. The first-order chi connectivity index (χ1) is 28.7. The van der Waals surface area contributed by atoms with Gasteiger partial charge in [0.25, 0.3) is 0 Å². The highest BCUT2D eigenvalue weighted by molar-refractivity contribution is 7.87. The van der Waals surface area contributed by atoms with E-state index in [2.05, 4.69) is 14.2 Å². The molecular weight excluding hydrogens is 1080 g/mol. The fourth-order valence-corrected chi connectivity index (χ4v) is 4.67. The van der Waals surface area contributed by atoms with Crippen molar-refractivity contribution in [1.29, 1.82) is 0 Å². The van der Waals surface area contributed by atoms with Crippen molar-refractivity contribution in [2.75, 3.05) is 33.0 Å². The van der Waals surface area contributed by atoms with Gasteiger partial charge in [-0.15, -0.1) is 0 Å². The number of hydrogen-bond donors (Lipinski definition) is 0. The second-order valence-electron chi connectivity index (χ2n) is 12.4. The van der Waals surface area contributed by atoms with Crippen LogP contribution in [0.4, 0.5) is 105 Å². The van der Waals surface area contributed by atoms with Gasteiger partial charge in [0, 0.05) is 39.1 Å². The number of hydrogen-bond acceptors (Lipinski definition) is 15. The molecule has 0 aliphatic heterocycles. The highest BCUT2D eigenvalue weighted by Gasteiger charge is 2.74. The first kappa shape index (κ1) is 63.8. The highest BCUT2D eigenvalue weighted by Crippen LogP contribution is 2.51. The first-order valence-corrected chi connectivity index (χ1v) is 20.2. The van der Waals surface area contributed by atoms with Crippen LogP contribution >= 0.6 is 0 Å². The molecule has 15 nitrogen and oxygen atoms in total. The number of alkyl halides is 24. The van der Waals surface area contributed by atoms with Gasteiger partial charge in [-0.25, -0.2) is 39.5 Å². The van der Waals surface area contributed by atoms with Gasteiger partial charge in [0.05, 0.1) is 13.2 Å². The fourth-order valence-electron chi connectivity index (χ4n) is 3.67. The lowest BCUT2D eigenvalue weighted by molar-refractivity contribution is -0.457. The van der Waals surface area contributed by atoms with Gasteiger partial charge in [0.15, 0.2) is 30.4 Å². The number of halogens is 24. The molecule has 0 aliphatic carbocycles. The van der Waals surface area contributed by atoms with E-state index in [4.69, 9.17) is 0 Å². The average Bonchev–Trinajstić information content (AvgIpc) is 3.06. The van der Waals surface area contributed by atoms with Gasteiger partial charge in [-0.1, -0.05) is 0 Å². The van der Waals surface area contributed by atoms with Gasteiger partial charge < -0.3 is 27.9 Å². The minimum absolute atomic E-state index is 1.35. The number of rotatable bonds is 32. The number of ether oxygens (including phenoxy) is 6. The molecule has 0 heterocycles. The molecule has 0 N–H and O–H groups in total. The van der Waals surface area contributed by atoms with Crippen molar-refractivity contribution in [1.82, 2.24) is 0 Å². The topological polar surface area (TPSA) is 227 Å². The van der Waals surface area contributed by atoms with Gasteiger partial charge in [-0.3, -0.25) is 0 Å². The maximum absolute atomic E-state index is 14.0. The molecule has 0 amide bonds. The average molecular weight is 1100 g/mol. The highest BCUT2D eigenvalue weighted by atomic mass is 32.2. The molecule has 0 unspecified atom stereocenters. The van der Waals surface area contributed by atoms with Gasteiger partial charge in [-0.05, 0) is 19.3 Å². The predicted octanol–water partition coefficient (Wildman–Crippen LogP) is 6.67. The molecular formula is C24H23F24O15S3-3. The molecule has 0 radical (unpaired) electrons. The molecule has 0 aromatic heterocycles. The normalized spacial score (nSPS) is 15.8. The van der Waals surface area contributed by atoms with E-state index in [0.717, 1.165) is 0 Å². The van der Waals surface area contributed by atoms with E-state index in [1.807, 2.05) is 14.2 Å². The zero-order chi connectivity index (χ0) is 53.1. The second kappa shape index (κ2) is 20.6. The van der Waals surface area contributed by atoms with Crippen LogP contribution in [0.25, 0.3) is 0 Å². The Labute approximate surface area is 351 Å². The van der Waals surface area contributed by atoms with Gasteiger partial charge in [-0.2, -0.15) is 105 Å². The van der Waals surface area contributed by atoms with Gasteiger partial charge in [0.2, 0.25) is 0 Å². The Bertz CT molecular complexity index is 1840. The summed E-state index contributed by atoms with van der Waals surface area (Å²) in [5, 5.41) is -21.3. The Morgan fingerprint density at radius 2 is 0.561 bits per heavy atom. The van der Waals surface area contributed by atoms with Crippen LogP contribution in [-0.4, -0.2) is 148 Å². The molecule has 0 rings (SSSR count). The maximum Gasteiger partial charge on any atom is 0.438 e. The minimum Gasteiger partial charge on any atom is -0.743 e. The third-order valence-electron chi connectivity index (χ3n) is 7.16. The third kappa shape index (κ3) is 15.2. The maximum atomic E-state index is 14.0. The Morgan fingerprint density at radius 1 is 0.348 bits per heavy atom. The van der Waals surface area contributed by atoms with Crippen molar-refractivity contribution in [2.24, 2.45) is 0 Å². The summed E-state index contributed by atoms with van der Waals surface area (Å²) in [7, 11) is -22.7. The van der Waals surface area contributed by atoms with Crippen LogP contribution in [0.3, 0.4) is 0 Å². The zero-order valence-corrected chi connectivity index (χ0v) is 33.2. The summed E-state index contributed by atoms with van der Waals surface area (Å²) in [6, 6.07) is 0. The van der Waals surface area contributed by atoms with Crippen LogP contribution in [0.1, 0.15) is 38.5 Å². The molecule has 0 fully saturated rings. The molecule has 42 heteroatoms. The van der Waals surface area contributed by atoms with E-state index in [9.17, 15) is 144 Å². The molecule has 0 spiro atoms. The van der Waals surface area contributed by atoms with Crippen LogP contribution in [-0.2, 0) is 58.8 Å². The molecule has 0 aromatic carbocycles. The van der Waals surface area contributed by atoms with E-state index >= 15 is 0 Å². The summed E-state index contributed by atoms with van der Waals surface area (Å²) in [5.74, 6) is -18.1. The van der Waals surface area contributed by atoms with Crippen molar-refractivity contribution in [3.8, 4) is 0 Å². The summed E-state index contributed by atoms with van der Waals surface area (Å²) in [6.07, 6.45) is -56.0. The summed E-state index contributed by atoms with van der Waals surface area (Å²) in [6.45, 7) is -6.97. The summed E-state index contributed by atoms with van der Waals surface area (Å²) >= 11 is 0. The summed E-state index contributed by atoms with van der Waals surface area (Å²) in [4.78, 5) is 0. The van der Waals surface area contributed by atoms with Crippen LogP contribution in [0.15, 0.2) is 0 Å². The smallest absolute Gasteiger partial charge is 0.438 e. The van der Waals surface area contributed by atoms with E-state index < -0.39 is 178 Å². The van der Waals surface area contributed by atoms with Crippen molar-refractivity contribution in [3.63, 3.8) is 0 Å². The molecule has 0 saturated heterocycles. The van der Waals surface area contributed by atoms with Gasteiger partial charge >= 0.3 is 70.2 Å². The zero-order valence-electron chi connectivity index (χ0n) is 30.8. The molecule has 0 bridgehead atoms. The monoisotopic (exact) mass is 1100 g/mol. The predicted molar refractivity (Wildman–Crippen MR) is 151 cm³/mol. The van der Waals surface area contributed by atoms with Gasteiger partial charge in [0.1, 0.15) is 6.10 Å². The van der Waals surface area contributed by atoms with Crippen LogP contribution in [0.5, 0.6) is 0 Å². The van der Waals surface area contributed by atoms with E-state index in [1.54, 1.807) is 0 Å². The molecule has 0 aliphatic rings. The van der Waals surface area contributed by atoms with Crippen LogP contribution < -0.4 is 0 Å².